The summed E-state index contributed by atoms with van der Waals surface area (Å²) in [5.74, 6) is 2.53. The Labute approximate surface area is 120 Å². The number of fused-ring (bicyclic) bond motifs is 1. The molecule has 0 radical (unpaired) electrons. The maximum absolute atomic E-state index is 2.67. The molecule has 108 valence electrons. The van der Waals surface area contributed by atoms with Crippen molar-refractivity contribution in [3.63, 3.8) is 0 Å². The van der Waals surface area contributed by atoms with Gasteiger partial charge in [0.25, 0.3) is 0 Å². The Bertz CT molecular complexity index is 400. The van der Waals surface area contributed by atoms with Crippen LogP contribution in [0.3, 0.4) is 0 Å². The van der Waals surface area contributed by atoms with Gasteiger partial charge in [-0.2, -0.15) is 0 Å². The largest absolute Gasteiger partial charge is 0.318 e. The summed E-state index contributed by atoms with van der Waals surface area (Å²) in [6.07, 6.45) is 10.0. The lowest BCUT2D eigenvalue weighted by Crippen LogP contribution is -2.58. The van der Waals surface area contributed by atoms with E-state index in [0.29, 0.717) is 0 Å². The van der Waals surface area contributed by atoms with Crippen LogP contribution in [-0.4, -0.2) is 25.4 Å². The van der Waals surface area contributed by atoms with Crippen molar-refractivity contribution in [3.05, 3.63) is 23.4 Å². The van der Waals surface area contributed by atoms with Gasteiger partial charge in [0.2, 0.25) is 0 Å². The molecule has 1 fully saturated rings. The molecule has 2 aliphatic rings. The molecule has 0 aliphatic heterocycles. The molecule has 0 saturated heterocycles. The molecule has 0 amide bonds. The van der Waals surface area contributed by atoms with Crippen molar-refractivity contribution >= 4 is 8.24 Å². The van der Waals surface area contributed by atoms with Crippen LogP contribution < -0.4 is 0 Å². The Hall–Kier alpha value is -0.343. The molecule has 0 aromatic rings. The van der Waals surface area contributed by atoms with E-state index in [4.69, 9.17) is 0 Å². The SMILES string of the molecule is CC1CC2C=CC=C([Si](C)(C)N(C)C(C)(C)C)C2C1. The average Bonchev–Trinajstić information content (AvgIpc) is 2.66. The Morgan fingerprint density at radius 1 is 1.21 bits per heavy atom. The fraction of sp³-hybridized carbons (Fsp3) is 0.765. The standard InChI is InChI=1S/C17H31NSi/c1-13-11-14-9-8-10-16(15(14)12-13)19(6,7)18(5)17(2,3)4/h8-10,13-15H,11-12H2,1-7H3. The number of hydrogen-bond acceptors (Lipinski definition) is 1. The second kappa shape index (κ2) is 4.89. The summed E-state index contributed by atoms with van der Waals surface area (Å²) in [6.45, 7) is 14.5. The molecule has 3 atom stereocenters. The highest BCUT2D eigenvalue weighted by Gasteiger charge is 2.44. The van der Waals surface area contributed by atoms with Gasteiger partial charge < -0.3 is 4.57 Å². The molecule has 3 unspecified atom stereocenters. The summed E-state index contributed by atoms with van der Waals surface area (Å²) in [5.41, 5.74) is 0.261. The van der Waals surface area contributed by atoms with Gasteiger partial charge in [-0.1, -0.05) is 43.4 Å². The van der Waals surface area contributed by atoms with Crippen molar-refractivity contribution in [2.75, 3.05) is 7.05 Å². The van der Waals surface area contributed by atoms with Crippen molar-refractivity contribution in [2.45, 2.75) is 59.2 Å². The van der Waals surface area contributed by atoms with Crippen LogP contribution in [0.5, 0.6) is 0 Å². The zero-order valence-electron chi connectivity index (χ0n) is 13.8. The van der Waals surface area contributed by atoms with Gasteiger partial charge in [0, 0.05) is 5.54 Å². The fourth-order valence-electron chi connectivity index (χ4n) is 4.02. The average molecular weight is 278 g/mol. The van der Waals surface area contributed by atoms with E-state index in [-0.39, 0.29) is 5.54 Å². The van der Waals surface area contributed by atoms with Gasteiger partial charge in [0.05, 0.1) is 0 Å². The summed E-state index contributed by atoms with van der Waals surface area (Å²) in [5, 5.41) is 1.78. The molecule has 1 nitrogen and oxygen atoms in total. The highest BCUT2D eigenvalue weighted by molar-refractivity contribution is 6.82. The van der Waals surface area contributed by atoms with Crippen molar-refractivity contribution in [2.24, 2.45) is 17.8 Å². The third-order valence-corrected chi connectivity index (χ3v) is 9.73. The van der Waals surface area contributed by atoms with Crippen LogP contribution in [0, 0.1) is 17.8 Å². The first-order chi connectivity index (χ1) is 8.64. The molecule has 19 heavy (non-hydrogen) atoms. The Morgan fingerprint density at radius 2 is 1.84 bits per heavy atom. The molecule has 0 spiro atoms. The minimum atomic E-state index is -1.51. The molecule has 0 heterocycles. The summed E-state index contributed by atoms with van der Waals surface area (Å²) < 4.78 is 2.67. The van der Waals surface area contributed by atoms with Crippen molar-refractivity contribution in [1.29, 1.82) is 0 Å². The van der Waals surface area contributed by atoms with Crippen LogP contribution in [0.2, 0.25) is 13.1 Å². The fourth-order valence-corrected chi connectivity index (χ4v) is 7.83. The van der Waals surface area contributed by atoms with Gasteiger partial charge in [-0.25, -0.2) is 0 Å². The lowest BCUT2D eigenvalue weighted by molar-refractivity contribution is 0.284. The van der Waals surface area contributed by atoms with E-state index in [9.17, 15) is 0 Å². The monoisotopic (exact) mass is 277 g/mol. The highest BCUT2D eigenvalue weighted by Crippen LogP contribution is 2.46. The zero-order chi connectivity index (χ0) is 14.4. The second-order valence-corrected chi connectivity index (χ2v) is 12.5. The van der Waals surface area contributed by atoms with Crippen LogP contribution in [0.1, 0.15) is 40.5 Å². The smallest absolute Gasteiger partial charge is 0.150 e. The number of nitrogens with zero attached hydrogens (tertiary/aromatic N) is 1. The Morgan fingerprint density at radius 3 is 2.42 bits per heavy atom. The summed E-state index contributed by atoms with van der Waals surface area (Å²) in [4.78, 5) is 0. The van der Waals surface area contributed by atoms with E-state index >= 15 is 0 Å². The minimum absolute atomic E-state index is 0.261. The van der Waals surface area contributed by atoms with Crippen LogP contribution in [0.25, 0.3) is 0 Å². The number of allylic oxidation sites excluding steroid dienone is 4. The first-order valence-corrected chi connectivity index (χ1v) is 10.7. The maximum Gasteiger partial charge on any atom is 0.150 e. The lowest BCUT2D eigenvalue weighted by Gasteiger charge is -2.47. The Balaban J connectivity index is 2.30. The molecule has 2 rings (SSSR count). The molecule has 0 aromatic heterocycles. The number of hydrogen-bond donors (Lipinski definition) is 0. The summed E-state index contributed by atoms with van der Waals surface area (Å²) in [7, 11) is 0.819. The minimum Gasteiger partial charge on any atom is -0.318 e. The topological polar surface area (TPSA) is 3.24 Å². The number of rotatable bonds is 2. The predicted octanol–water partition coefficient (Wildman–Crippen LogP) is 4.62. The molecule has 0 N–H and O–H groups in total. The molecule has 2 aliphatic carbocycles. The zero-order valence-corrected chi connectivity index (χ0v) is 14.8. The first-order valence-electron chi connectivity index (χ1n) is 7.77. The van der Waals surface area contributed by atoms with Crippen molar-refractivity contribution < 1.29 is 0 Å². The van der Waals surface area contributed by atoms with Gasteiger partial charge in [0.1, 0.15) is 0 Å². The van der Waals surface area contributed by atoms with Gasteiger partial charge in [0.15, 0.2) is 8.24 Å². The van der Waals surface area contributed by atoms with E-state index in [2.05, 4.69) is 70.6 Å². The molecule has 1 saturated carbocycles. The van der Waals surface area contributed by atoms with Crippen molar-refractivity contribution in [3.8, 4) is 0 Å². The van der Waals surface area contributed by atoms with Crippen LogP contribution in [0.4, 0.5) is 0 Å². The van der Waals surface area contributed by atoms with Crippen molar-refractivity contribution in [1.82, 2.24) is 4.57 Å². The highest BCUT2D eigenvalue weighted by atomic mass is 28.3. The lowest BCUT2D eigenvalue weighted by atomic mass is 9.91. The van der Waals surface area contributed by atoms with E-state index < -0.39 is 8.24 Å². The van der Waals surface area contributed by atoms with E-state index in [1.165, 1.54) is 12.8 Å². The first kappa shape index (κ1) is 15.1. The van der Waals surface area contributed by atoms with Crippen LogP contribution in [-0.2, 0) is 0 Å². The van der Waals surface area contributed by atoms with E-state index in [0.717, 1.165) is 17.8 Å². The summed E-state index contributed by atoms with van der Waals surface area (Å²) >= 11 is 0. The molecular formula is C17H31NSi. The van der Waals surface area contributed by atoms with Gasteiger partial charge in [-0.05, 0) is 58.4 Å². The quantitative estimate of drug-likeness (QED) is 0.666. The van der Waals surface area contributed by atoms with E-state index in [1.807, 2.05) is 0 Å². The molecular weight excluding hydrogens is 246 g/mol. The van der Waals surface area contributed by atoms with Gasteiger partial charge in [-0.15, -0.1) is 0 Å². The third kappa shape index (κ3) is 2.75. The summed E-state index contributed by atoms with van der Waals surface area (Å²) in [6, 6.07) is 0. The van der Waals surface area contributed by atoms with Crippen LogP contribution in [0.15, 0.2) is 23.4 Å². The normalized spacial score (nSPS) is 31.6. The van der Waals surface area contributed by atoms with Crippen LogP contribution >= 0.6 is 0 Å². The predicted molar refractivity (Wildman–Crippen MR) is 87.6 cm³/mol. The third-order valence-electron chi connectivity index (χ3n) is 5.43. The van der Waals surface area contributed by atoms with E-state index in [1.54, 1.807) is 5.20 Å². The Kier molecular flexibility index (Phi) is 3.87. The van der Waals surface area contributed by atoms with Gasteiger partial charge in [-0.3, -0.25) is 0 Å². The second-order valence-electron chi connectivity index (χ2n) is 8.14. The van der Waals surface area contributed by atoms with Gasteiger partial charge >= 0.3 is 0 Å². The molecule has 0 bridgehead atoms. The molecule has 2 heteroatoms. The molecule has 0 aromatic carbocycles. The maximum atomic E-state index is 2.67.